The third kappa shape index (κ3) is 3.02. The van der Waals surface area contributed by atoms with Gasteiger partial charge in [-0.3, -0.25) is 0 Å². The van der Waals surface area contributed by atoms with Crippen LogP contribution in [-0.4, -0.2) is 17.5 Å². The van der Waals surface area contributed by atoms with Crippen molar-refractivity contribution in [1.82, 2.24) is 0 Å². The van der Waals surface area contributed by atoms with Crippen LogP contribution in [0.4, 0.5) is 0 Å². The molecule has 2 heteroatoms. The van der Waals surface area contributed by atoms with Crippen LogP contribution in [0.25, 0.3) is 0 Å². The fourth-order valence-corrected chi connectivity index (χ4v) is 1.62. The van der Waals surface area contributed by atoms with E-state index in [4.69, 9.17) is 0 Å². The molecule has 0 radical (unpaired) electrons. The second-order valence-corrected chi connectivity index (χ2v) is 3.41. The number of aliphatic hydroxyl groups excluding tert-OH is 1. The molecule has 0 aromatic rings. The van der Waals surface area contributed by atoms with Crippen LogP contribution < -0.4 is 0 Å². The molecule has 0 amide bonds. The first-order chi connectivity index (χ1) is 5.33. The van der Waals surface area contributed by atoms with Gasteiger partial charge in [0.1, 0.15) is 6.29 Å². The van der Waals surface area contributed by atoms with Crippen LogP contribution in [0.2, 0.25) is 0 Å². The van der Waals surface area contributed by atoms with Gasteiger partial charge in [0.25, 0.3) is 0 Å². The fraction of sp³-hybridized carbons (Fsp3) is 0.889. The number of aliphatic hydroxyl groups is 1. The zero-order chi connectivity index (χ0) is 8.10. The highest BCUT2D eigenvalue weighted by molar-refractivity contribution is 5.53. The normalized spacial score (nSPS) is 33.9. The number of carbonyl (C=O) groups excluding carboxylic acids is 1. The number of aldehydes is 1. The summed E-state index contributed by atoms with van der Waals surface area (Å²) in [4.78, 5) is 10.4. The van der Waals surface area contributed by atoms with E-state index in [1.54, 1.807) is 0 Å². The van der Waals surface area contributed by atoms with Crippen molar-refractivity contribution in [2.75, 3.05) is 0 Å². The number of rotatable bonds is 1. The molecule has 1 fully saturated rings. The van der Waals surface area contributed by atoms with Crippen molar-refractivity contribution in [3.8, 4) is 0 Å². The summed E-state index contributed by atoms with van der Waals surface area (Å²) in [6.07, 6.45) is 6.69. The van der Waals surface area contributed by atoms with E-state index < -0.39 is 0 Å². The lowest BCUT2D eigenvalue weighted by Crippen LogP contribution is -2.14. The quantitative estimate of drug-likeness (QED) is 0.584. The summed E-state index contributed by atoms with van der Waals surface area (Å²) in [7, 11) is 0. The molecular formula is C9H16O2. The molecule has 0 heterocycles. The molecule has 1 rings (SSSR count). The molecule has 2 unspecified atom stereocenters. The van der Waals surface area contributed by atoms with Gasteiger partial charge in [0.2, 0.25) is 0 Å². The van der Waals surface area contributed by atoms with Gasteiger partial charge in [0.05, 0.1) is 6.10 Å². The molecule has 0 saturated heterocycles. The van der Waals surface area contributed by atoms with Gasteiger partial charge in [-0.15, -0.1) is 0 Å². The zero-order valence-corrected chi connectivity index (χ0v) is 6.83. The van der Waals surface area contributed by atoms with Crippen LogP contribution in [0.5, 0.6) is 0 Å². The average molecular weight is 156 g/mol. The molecule has 1 saturated carbocycles. The van der Waals surface area contributed by atoms with Crippen LogP contribution in [0.1, 0.15) is 38.5 Å². The average Bonchev–Trinajstić information content (AvgIpc) is 1.98. The van der Waals surface area contributed by atoms with E-state index in [0.717, 1.165) is 44.8 Å². The van der Waals surface area contributed by atoms with E-state index in [2.05, 4.69) is 0 Å². The molecule has 0 bridgehead atoms. The van der Waals surface area contributed by atoms with Gasteiger partial charge in [-0.2, -0.15) is 0 Å². The van der Waals surface area contributed by atoms with Crippen LogP contribution in [0.3, 0.4) is 0 Å². The van der Waals surface area contributed by atoms with Gasteiger partial charge in [-0.1, -0.05) is 12.8 Å². The van der Waals surface area contributed by atoms with Crippen molar-refractivity contribution in [1.29, 1.82) is 0 Å². The number of carbonyl (C=O) groups is 1. The minimum Gasteiger partial charge on any atom is -0.393 e. The van der Waals surface area contributed by atoms with E-state index in [1.165, 1.54) is 0 Å². The maximum absolute atomic E-state index is 10.4. The first-order valence-corrected chi connectivity index (χ1v) is 4.46. The molecule has 2 atom stereocenters. The highest BCUT2D eigenvalue weighted by Gasteiger charge is 2.14. The molecule has 1 aliphatic carbocycles. The van der Waals surface area contributed by atoms with Crippen molar-refractivity contribution in [2.45, 2.75) is 44.6 Å². The largest absolute Gasteiger partial charge is 0.393 e. The third-order valence-electron chi connectivity index (χ3n) is 2.43. The zero-order valence-electron chi connectivity index (χ0n) is 6.83. The Kier molecular flexibility index (Phi) is 3.57. The lowest BCUT2D eigenvalue weighted by molar-refractivity contribution is -0.111. The smallest absolute Gasteiger partial charge is 0.123 e. The Balaban J connectivity index is 2.31. The maximum Gasteiger partial charge on any atom is 0.123 e. The van der Waals surface area contributed by atoms with E-state index in [1.807, 2.05) is 0 Å². The molecule has 1 N–H and O–H groups in total. The van der Waals surface area contributed by atoms with Crippen molar-refractivity contribution < 1.29 is 9.90 Å². The molecular weight excluding hydrogens is 140 g/mol. The molecule has 64 valence electrons. The Morgan fingerprint density at radius 3 is 2.55 bits per heavy atom. The van der Waals surface area contributed by atoms with Crippen molar-refractivity contribution >= 4 is 6.29 Å². The van der Waals surface area contributed by atoms with E-state index in [-0.39, 0.29) is 12.0 Å². The lowest BCUT2D eigenvalue weighted by Gasteiger charge is -2.17. The summed E-state index contributed by atoms with van der Waals surface area (Å²) >= 11 is 0. The lowest BCUT2D eigenvalue weighted by atomic mass is 9.91. The second-order valence-electron chi connectivity index (χ2n) is 3.41. The molecule has 2 nitrogen and oxygen atoms in total. The van der Waals surface area contributed by atoms with Gasteiger partial charge in [-0.05, 0) is 25.7 Å². The third-order valence-corrected chi connectivity index (χ3v) is 2.43. The molecule has 0 aromatic heterocycles. The first-order valence-electron chi connectivity index (χ1n) is 4.46. The predicted molar refractivity (Wildman–Crippen MR) is 43.3 cm³/mol. The molecule has 0 aliphatic heterocycles. The topological polar surface area (TPSA) is 37.3 Å². The van der Waals surface area contributed by atoms with Gasteiger partial charge in [0, 0.05) is 5.92 Å². The molecule has 0 spiro atoms. The highest BCUT2D eigenvalue weighted by Crippen LogP contribution is 2.20. The minimum atomic E-state index is -0.155. The Bertz CT molecular complexity index is 123. The summed E-state index contributed by atoms with van der Waals surface area (Å²) in [6, 6.07) is 0. The van der Waals surface area contributed by atoms with Gasteiger partial charge in [-0.25, -0.2) is 0 Å². The summed E-state index contributed by atoms with van der Waals surface area (Å²) in [5.41, 5.74) is 0. The van der Waals surface area contributed by atoms with Gasteiger partial charge in [0.15, 0.2) is 0 Å². The van der Waals surface area contributed by atoms with Gasteiger partial charge < -0.3 is 9.90 Å². The van der Waals surface area contributed by atoms with Crippen LogP contribution in [0.15, 0.2) is 0 Å². The fourth-order valence-electron chi connectivity index (χ4n) is 1.62. The first kappa shape index (κ1) is 8.72. The summed E-state index contributed by atoms with van der Waals surface area (Å²) in [5, 5.41) is 9.31. The summed E-state index contributed by atoms with van der Waals surface area (Å²) in [5.74, 6) is 0.213. The van der Waals surface area contributed by atoms with Crippen molar-refractivity contribution in [3.05, 3.63) is 0 Å². The molecule has 11 heavy (non-hydrogen) atoms. The van der Waals surface area contributed by atoms with E-state index >= 15 is 0 Å². The molecule has 1 aliphatic rings. The maximum atomic E-state index is 10.4. The minimum absolute atomic E-state index is 0.155. The Morgan fingerprint density at radius 2 is 1.82 bits per heavy atom. The van der Waals surface area contributed by atoms with Crippen LogP contribution in [0, 0.1) is 5.92 Å². The van der Waals surface area contributed by atoms with E-state index in [9.17, 15) is 9.90 Å². The Hall–Kier alpha value is -0.370. The van der Waals surface area contributed by atoms with E-state index in [0.29, 0.717) is 0 Å². The summed E-state index contributed by atoms with van der Waals surface area (Å²) < 4.78 is 0. The Morgan fingerprint density at radius 1 is 1.09 bits per heavy atom. The number of hydrogen-bond donors (Lipinski definition) is 1. The molecule has 0 aromatic carbocycles. The SMILES string of the molecule is O=CC1CCCCC(O)CC1. The van der Waals surface area contributed by atoms with Crippen LogP contribution >= 0.6 is 0 Å². The highest BCUT2D eigenvalue weighted by atomic mass is 16.3. The number of hydrogen-bond acceptors (Lipinski definition) is 2. The van der Waals surface area contributed by atoms with Crippen LogP contribution in [-0.2, 0) is 4.79 Å². The van der Waals surface area contributed by atoms with Crippen molar-refractivity contribution in [3.63, 3.8) is 0 Å². The predicted octanol–water partition coefficient (Wildman–Crippen LogP) is 1.52. The second kappa shape index (κ2) is 4.50. The standard InChI is InChI=1S/C9H16O2/c10-7-8-3-1-2-4-9(11)6-5-8/h7-9,11H,1-6H2. The van der Waals surface area contributed by atoms with Gasteiger partial charge >= 0.3 is 0 Å². The van der Waals surface area contributed by atoms with Crippen molar-refractivity contribution in [2.24, 2.45) is 5.92 Å². The summed E-state index contributed by atoms with van der Waals surface area (Å²) in [6.45, 7) is 0. The Labute approximate surface area is 67.6 Å². The monoisotopic (exact) mass is 156 g/mol.